The summed E-state index contributed by atoms with van der Waals surface area (Å²) in [4.78, 5) is 33.8. The lowest BCUT2D eigenvalue weighted by atomic mass is 10.2. The van der Waals surface area contributed by atoms with Crippen LogP contribution in [0, 0.1) is 5.82 Å². The molecule has 2 rings (SSSR count). The molecule has 0 spiro atoms. The Bertz CT molecular complexity index is 694. The summed E-state index contributed by atoms with van der Waals surface area (Å²) in [7, 11) is 0. The summed E-state index contributed by atoms with van der Waals surface area (Å²) in [5.41, 5.74) is 0.366. The van der Waals surface area contributed by atoms with Gasteiger partial charge in [0, 0.05) is 31.9 Å². The van der Waals surface area contributed by atoms with E-state index in [9.17, 15) is 14.0 Å². The Morgan fingerprint density at radius 2 is 2.00 bits per heavy atom. The molecule has 0 saturated heterocycles. The number of aromatic nitrogens is 2. The summed E-state index contributed by atoms with van der Waals surface area (Å²) in [6.45, 7) is 2.67. The van der Waals surface area contributed by atoms with Gasteiger partial charge in [-0.05, 0) is 18.6 Å². The van der Waals surface area contributed by atoms with Crippen LogP contribution in [-0.2, 0) is 4.79 Å². The van der Waals surface area contributed by atoms with Crippen molar-refractivity contribution in [2.45, 2.75) is 19.8 Å². The number of anilines is 1. The number of rotatable bonds is 7. The first-order chi connectivity index (χ1) is 11.6. The zero-order valence-electron chi connectivity index (χ0n) is 13.4. The van der Waals surface area contributed by atoms with E-state index >= 15 is 0 Å². The maximum atomic E-state index is 13.5. The van der Waals surface area contributed by atoms with Gasteiger partial charge in [0.1, 0.15) is 11.5 Å². The molecule has 0 aliphatic carbocycles. The lowest BCUT2D eigenvalue weighted by Crippen LogP contribution is -2.35. The van der Waals surface area contributed by atoms with Crippen LogP contribution in [0.1, 0.15) is 30.3 Å². The lowest BCUT2D eigenvalue weighted by molar-refractivity contribution is -0.116. The monoisotopic (exact) mass is 330 g/mol. The molecular formula is C17H19FN4O2. The minimum absolute atomic E-state index is 0.0698. The molecule has 126 valence electrons. The highest BCUT2D eigenvalue weighted by atomic mass is 19.1. The van der Waals surface area contributed by atoms with Crippen molar-refractivity contribution in [2.24, 2.45) is 0 Å². The number of hydrogen-bond acceptors (Lipinski definition) is 4. The standard InChI is InChI=1S/C17H19FN4O2/c1-2-10-22(17(24)15-12-19-8-9-20-15)11-7-16(23)21-14-6-4-3-5-13(14)18/h3-6,8-9,12H,2,7,10-11H2,1H3,(H,21,23). The van der Waals surface area contributed by atoms with Crippen LogP contribution in [0.15, 0.2) is 42.9 Å². The normalized spacial score (nSPS) is 10.2. The van der Waals surface area contributed by atoms with Crippen LogP contribution < -0.4 is 5.32 Å². The van der Waals surface area contributed by atoms with Gasteiger partial charge in [0.05, 0.1) is 11.9 Å². The van der Waals surface area contributed by atoms with Gasteiger partial charge in [-0.3, -0.25) is 14.6 Å². The molecule has 0 atom stereocenters. The summed E-state index contributed by atoms with van der Waals surface area (Å²) in [5.74, 6) is -1.12. The largest absolute Gasteiger partial charge is 0.337 e. The SMILES string of the molecule is CCCN(CCC(=O)Nc1ccccc1F)C(=O)c1cnccn1. The van der Waals surface area contributed by atoms with Crippen LogP contribution in [0.25, 0.3) is 0 Å². The maximum absolute atomic E-state index is 13.5. The van der Waals surface area contributed by atoms with E-state index in [1.54, 1.807) is 17.0 Å². The summed E-state index contributed by atoms with van der Waals surface area (Å²) in [6.07, 6.45) is 5.15. The van der Waals surface area contributed by atoms with Crippen molar-refractivity contribution in [3.05, 3.63) is 54.4 Å². The van der Waals surface area contributed by atoms with Gasteiger partial charge in [0.25, 0.3) is 5.91 Å². The van der Waals surface area contributed by atoms with Gasteiger partial charge in [0.15, 0.2) is 0 Å². The smallest absolute Gasteiger partial charge is 0.274 e. The first-order valence-corrected chi connectivity index (χ1v) is 7.71. The van der Waals surface area contributed by atoms with E-state index in [4.69, 9.17) is 0 Å². The van der Waals surface area contributed by atoms with Crippen LogP contribution in [0.4, 0.5) is 10.1 Å². The Morgan fingerprint density at radius 3 is 2.67 bits per heavy atom. The van der Waals surface area contributed by atoms with Crippen LogP contribution in [-0.4, -0.2) is 39.8 Å². The van der Waals surface area contributed by atoms with Gasteiger partial charge in [-0.2, -0.15) is 0 Å². The molecule has 0 saturated carbocycles. The van der Waals surface area contributed by atoms with Gasteiger partial charge >= 0.3 is 0 Å². The van der Waals surface area contributed by atoms with Crippen LogP contribution in [0.5, 0.6) is 0 Å². The average Bonchev–Trinajstić information content (AvgIpc) is 2.61. The second kappa shape index (κ2) is 8.71. The number of hydrogen-bond donors (Lipinski definition) is 1. The Hall–Kier alpha value is -2.83. The van der Waals surface area contributed by atoms with Crippen molar-refractivity contribution in [1.82, 2.24) is 14.9 Å². The number of benzene rings is 1. The molecule has 0 unspecified atom stereocenters. The predicted molar refractivity (Wildman–Crippen MR) is 87.9 cm³/mol. The second-order valence-electron chi connectivity index (χ2n) is 5.16. The van der Waals surface area contributed by atoms with Crippen molar-refractivity contribution in [1.29, 1.82) is 0 Å². The Kier molecular flexibility index (Phi) is 6.36. The highest BCUT2D eigenvalue weighted by Crippen LogP contribution is 2.12. The summed E-state index contributed by atoms with van der Waals surface area (Å²) in [6, 6.07) is 5.95. The quantitative estimate of drug-likeness (QED) is 0.846. The minimum atomic E-state index is -0.494. The molecule has 0 fully saturated rings. The number of para-hydroxylation sites is 1. The molecule has 1 aromatic carbocycles. The Morgan fingerprint density at radius 1 is 1.21 bits per heavy atom. The van der Waals surface area contributed by atoms with Gasteiger partial charge in [-0.15, -0.1) is 0 Å². The van der Waals surface area contributed by atoms with E-state index in [1.807, 2.05) is 6.92 Å². The third kappa shape index (κ3) is 4.84. The zero-order chi connectivity index (χ0) is 17.4. The number of nitrogens with zero attached hydrogens (tertiary/aromatic N) is 3. The molecule has 7 heteroatoms. The molecule has 0 bridgehead atoms. The molecule has 1 heterocycles. The predicted octanol–water partition coefficient (Wildman–Crippen LogP) is 2.50. The Balaban J connectivity index is 1.95. The fourth-order valence-electron chi connectivity index (χ4n) is 2.17. The summed E-state index contributed by atoms with van der Waals surface area (Å²) < 4.78 is 13.5. The average molecular weight is 330 g/mol. The van der Waals surface area contributed by atoms with Gasteiger partial charge in [0.2, 0.25) is 5.91 Å². The molecular weight excluding hydrogens is 311 g/mol. The van der Waals surface area contributed by atoms with E-state index in [1.165, 1.54) is 30.7 Å². The second-order valence-corrected chi connectivity index (χ2v) is 5.16. The number of nitrogens with one attached hydrogen (secondary N) is 1. The van der Waals surface area contributed by atoms with E-state index in [2.05, 4.69) is 15.3 Å². The van der Waals surface area contributed by atoms with Gasteiger partial charge in [-0.1, -0.05) is 19.1 Å². The molecule has 0 radical (unpaired) electrons. The number of carbonyl (C=O) groups excluding carboxylic acids is 2. The first kappa shape index (κ1) is 17.5. The topological polar surface area (TPSA) is 75.2 Å². The fourth-order valence-corrected chi connectivity index (χ4v) is 2.17. The summed E-state index contributed by atoms with van der Waals surface area (Å²) >= 11 is 0. The van der Waals surface area contributed by atoms with Crippen LogP contribution in [0.3, 0.4) is 0 Å². The Labute approximate surface area is 139 Å². The van der Waals surface area contributed by atoms with Crippen molar-refractivity contribution >= 4 is 17.5 Å². The maximum Gasteiger partial charge on any atom is 0.274 e. The van der Waals surface area contributed by atoms with E-state index in [0.717, 1.165) is 6.42 Å². The van der Waals surface area contributed by atoms with Crippen molar-refractivity contribution < 1.29 is 14.0 Å². The molecule has 6 nitrogen and oxygen atoms in total. The van der Waals surface area contributed by atoms with E-state index in [-0.39, 0.29) is 36.2 Å². The molecule has 1 N–H and O–H groups in total. The molecule has 0 aliphatic heterocycles. The van der Waals surface area contributed by atoms with Crippen LogP contribution in [0.2, 0.25) is 0 Å². The third-order valence-electron chi connectivity index (χ3n) is 3.32. The van der Waals surface area contributed by atoms with Crippen molar-refractivity contribution in [3.63, 3.8) is 0 Å². The van der Waals surface area contributed by atoms with Crippen LogP contribution >= 0.6 is 0 Å². The third-order valence-corrected chi connectivity index (χ3v) is 3.32. The molecule has 0 aliphatic rings. The number of amides is 2. The van der Waals surface area contributed by atoms with Crippen molar-refractivity contribution in [2.75, 3.05) is 18.4 Å². The number of carbonyl (C=O) groups is 2. The molecule has 1 aromatic heterocycles. The highest BCUT2D eigenvalue weighted by molar-refractivity contribution is 5.93. The fraction of sp³-hybridized carbons (Fsp3) is 0.294. The minimum Gasteiger partial charge on any atom is -0.337 e. The lowest BCUT2D eigenvalue weighted by Gasteiger charge is -2.21. The van der Waals surface area contributed by atoms with Gasteiger partial charge in [-0.25, -0.2) is 9.37 Å². The van der Waals surface area contributed by atoms with Gasteiger partial charge < -0.3 is 10.2 Å². The number of halogens is 1. The first-order valence-electron chi connectivity index (χ1n) is 7.71. The van der Waals surface area contributed by atoms with E-state index in [0.29, 0.717) is 6.54 Å². The van der Waals surface area contributed by atoms with Crippen molar-refractivity contribution in [3.8, 4) is 0 Å². The highest BCUT2D eigenvalue weighted by Gasteiger charge is 2.17. The molecule has 2 amide bonds. The summed E-state index contributed by atoms with van der Waals surface area (Å²) in [5, 5.41) is 2.51. The molecule has 24 heavy (non-hydrogen) atoms. The zero-order valence-corrected chi connectivity index (χ0v) is 13.4. The van der Waals surface area contributed by atoms with E-state index < -0.39 is 5.82 Å². The molecule has 2 aromatic rings.